The van der Waals surface area contributed by atoms with Crippen molar-refractivity contribution < 1.29 is 0 Å². The Hall–Kier alpha value is -1.98. The number of anilines is 1. The van der Waals surface area contributed by atoms with Crippen molar-refractivity contribution in [1.29, 1.82) is 0 Å². The SMILES string of the molecule is CN(Cc1ccnc(N(C)C)c1)C[C@@H]1CCN(C)[C@H]1c1cccnc1. The summed E-state index contributed by atoms with van der Waals surface area (Å²) in [5.74, 6) is 1.65. The molecular weight excluding hydrogens is 310 g/mol. The van der Waals surface area contributed by atoms with Crippen molar-refractivity contribution >= 4 is 5.82 Å². The van der Waals surface area contributed by atoms with E-state index in [1.807, 2.05) is 43.7 Å². The first-order chi connectivity index (χ1) is 12.0. The van der Waals surface area contributed by atoms with Crippen LogP contribution < -0.4 is 4.90 Å². The van der Waals surface area contributed by atoms with Crippen LogP contribution in [-0.4, -0.2) is 61.0 Å². The average molecular weight is 339 g/mol. The van der Waals surface area contributed by atoms with Gasteiger partial charge in [-0.25, -0.2) is 4.98 Å². The zero-order chi connectivity index (χ0) is 17.8. The number of likely N-dealkylation sites (tertiary alicyclic amines) is 1. The average Bonchev–Trinajstić information content (AvgIpc) is 2.96. The Morgan fingerprint density at radius 1 is 1.20 bits per heavy atom. The smallest absolute Gasteiger partial charge is 0.128 e. The number of hydrogen-bond acceptors (Lipinski definition) is 5. The fourth-order valence-electron chi connectivity index (χ4n) is 3.88. The van der Waals surface area contributed by atoms with Gasteiger partial charge in [-0.05, 0) is 62.3 Å². The van der Waals surface area contributed by atoms with E-state index in [1.165, 1.54) is 17.5 Å². The maximum Gasteiger partial charge on any atom is 0.128 e. The van der Waals surface area contributed by atoms with E-state index in [0.29, 0.717) is 12.0 Å². The summed E-state index contributed by atoms with van der Waals surface area (Å²) in [6.07, 6.45) is 7.01. The molecule has 2 atom stereocenters. The third kappa shape index (κ3) is 4.35. The first-order valence-electron chi connectivity index (χ1n) is 8.95. The van der Waals surface area contributed by atoms with Gasteiger partial charge in [-0.2, -0.15) is 0 Å². The Morgan fingerprint density at radius 3 is 2.76 bits per heavy atom. The van der Waals surface area contributed by atoms with E-state index in [-0.39, 0.29) is 0 Å². The summed E-state index contributed by atoms with van der Waals surface area (Å²) in [5, 5.41) is 0. The Bertz CT molecular complexity index is 673. The van der Waals surface area contributed by atoms with Gasteiger partial charge in [0.15, 0.2) is 0 Å². The van der Waals surface area contributed by atoms with Gasteiger partial charge in [-0.1, -0.05) is 6.07 Å². The molecule has 3 heterocycles. The van der Waals surface area contributed by atoms with Gasteiger partial charge in [-0.3, -0.25) is 9.88 Å². The minimum Gasteiger partial charge on any atom is -0.363 e. The van der Waals surface area contributed by atoms with Crippen molar-refractivity contribution in [2.24, 2.45) is 5.92 Å². The van der Waals surface area contributed by atoms with E-state index in [9.17, 15) is 0 Å². The molecule has 0 aromatic carbocycles. The van der Waals surface area contributed by atoms with Gasteiger partial charge in [0, 0.05) is 51.8 Å². The molecule has 1 fully saturated rings. The van der Waals surface area contributed by atoms with E-state index in [1.54, 1.807) is 0 Å². The summed E-state index contributed by atoms with van der Waals surface area (Å²) in [6.45, 7) is 3.19. The van der Waals surface area contributed by atoms with Crippen LogP contribution in [0.15, 0.2) is 42.9 Å². The normalized spacial score (nSPS) is 21.0. The van der Waals surface area contributed by atoms with E-state index >= 15 is 0 Å². The molecule has 0 spiro atoms. The van der Waals surface area contributed by atoms with Gasteiger partial charge in [0.2, 0.25) is 0 Å². The zero-order valence-corrected chi connectivity index (χ0v) is 15.8. The highest BCUT2D eigenvalue weighted by Crippen LogP contribution is 2.36. The van der Waals surface area contributed by atoms with Crippen LogP contribution in [0.1, 0.15) is 23.6 Å². The predicted octanol–water partition coefficient (Wildman–Crippen LogP) is 2.67. The molecule has 1 aliphatic rings. The lowest BCUT2D eigenvalue weighted by Gasteiger charge is -2.28. The van der Waals surface area contributed by atoms with Crippen LogP contribution in [0.3, 0.4) is 0 Å². The quantitative estimate of drug-likeness (QED) is 0.808. The minimum absolute atomic E-state index is 0.464. The van der Waals surface area contributed by atoms with Crippen LogP contribution in [0.5, 0.6) is 0 Å². The Balaban J connectivity index is 1.66. The Kier molecular flexibility index (Phi) is 5.66. The van der Waals surface area contributed by atoms with E-state index in [4.69, 9.17) is 0 Å². The van der Waals surface area contributed by atoms with Crippen LogP contribution in [0, 0.1) is 5.92 Å². The van der Waals surface area contributed by atoms with Gasteiger partial charge in [0.05, 0.1) is 0 Å². The Labute approximate surface area is 151 Å². The molecule has 2 aromatic rings. The lowest BCUT2D eigenvalue weighted by molar-refractivity contribution is 0.213. The van der Waals surface area contributed by atoms with Gasteiger partial charge in [0.1, 0.15) is 5.82 Å². The lowest BCUT2D eigenvalue weighted by atomic mass is 9.94. The highest BCUT2D eigenvalue weighted by atomic mass is 15.2. The van der Waals surface area contributed by atoms with Crippen molar-refractivity contribution in [3.05, 3.63) is 54.0 Å². The number of pyridine rings is 2. The summed E-state index contributed by atoms with van der Waals surface area (Å²) >= 11 is 0. The summed E-state index contributed by atoms with van der Waals surface area (Å²) < 4.78 is 0. The maximum absolute atomic E-state index is 4.40. The first-order valence-corrected chi connectivity index (χ1v) is 8.95. The molecule has 1 aliphatic heterocycles. The molecular formula is C20H29N5. The molecule has 0 unspecified atom stereocenters. The second-order valence-electron chi connectivity index (χ2n) is 7.37. The van der Waals surface area contributed by atoms with Crippen LogP contribution >= 0.6 is 0 Å². The highest BCUT2D eigenvalue weighted by Gasteiger charge is 2.33. The molecule has 0 saturated carbocycles. The third-order valence-corrected chi connectivity index (χ3v) is 5.07. The third-order valence-electron chi connectivity index (χ3n) is 5.07. The molecule has 0 bridgehead atoms. The topological polar surface area (TPSA) is 35.5 Å². The fourth-order valence-corrected chi connectivity index (χ4v) is 3.88. The zero-order valence-electron chi connectivity index (χ0n) is 15.8. The fraction of sp³-hybridized carbons (Fsp3) is 0.500. The second kappa shape index (κ2) is 7.93. The maximum atomic E-state index is 4.40. The van der Waals surface area contributed by atoms with E-state index < -0.39 is 0 Å². The highest BCUT2D eigenvalue weighted by molar-refractivity contribution is 5.39. The molecule has 0 amide bonds. The molecule has 5 nitrogen and oxygen atoms in total. The standard InChI is InChI=1S/C20H29N5/c1-23(2)19-12-16(7-10-22-19)14-24(3)15-18-8-11-25(4)20(18)17-6-5-9-21-13-17/h5-7,9-10,12-13,18,20H,8,11,14-15H2,1-4H3/t18-,20-/m0/s1. The lowest BCUT2D eigenvalue weighted by Crippen LogP contribution is -2.30. The second-order valence-corrected chi connectivity index (χ2v) is 7.37. The van der Waals surface area contributed by atoms with Gasteiger partial charge >= 0.3 is 0 Å². The van der Waals surface area contributed by atoms with Crippen molar-refractivity contribution in [3.63, 3.8) is 0 Å². The predicted molar refractivity (Wildman–Crippen MR) is 103 cm³/mol. The molecule has 0 radical (unpaired) electrons. The molecule has 1 saturated heterocycles. The summed E-state index contributed by atoms with van der Waals surface area (Å²) in [7, 11) is 8.50. The van der Waals surface area contributed by atoms with Crippen molar-refractivity contribution in [3.8, 4) is 0 Å². The summed E-state index contributed by atoms with van der Waals surface area (Å²) in [5.41, 5.74) is 2.64. The molecule has 2 aromatic heterocycles. The first kappa shape index (κ1) is 17.8. The number of aromatic nitrogens is 2. The van der Waals surface area contributed by atoms with Crippen molar-refractivity contribution in [1.82, 2.24) is 19.8 Å². The van der Waals surface area contributed by atoms with Crippen LogP contribution in [-0.2, 0) is 6.54 Å². The monoisotopic (exact) mass is 339 g/mol. The van der Waals surface area contributed by atoms with Crippen molar-refractivity contribution in [2.75, 3.05) is 46.2 Å². The molecule has 3 rings (SSSR count). The van der Waals surface area contributed by atoms with Gasteiger partial charge in [-0.15, -0.1) is 0 Å². The molecule has 5 heteroatoms. The van der Waals surface area contributed by atoms with E-state index in [2.05, 4.69) is 52.1 Å². The largest absolute Gasteiger partial charge is 0.363 e. The summed E-state index contributed by atoms with van der Waals surface area (Å²) in [6, 6.07) is 9.00. The minimum atomic E-state index is 0.464. The van der Waals surface area contributed by atoms with Gasteiger partial charge in [0.25, 0.3) is 0 Å². The number of hydrogen-bond donors (Lipinski definition) is 0. The molecule has 25 heavy (non-hydrogen) atoms. The molecule has 134 valence electrons. The van der Waals surface area contributed by atoms with Gasteiger partial charge < -0.3 is 9.80 Å². The van der Waals surface area contributed by atoms with Crippen molar-refractivity contribution in [2.45, 2.75) is 19.0 Å². The molecule has 0 aliphatic carbocycles. The summed E-state index contributed by atoms with van der Waals surface area (Å²) in [4.78, 5) is 15.7. The number of nitrogens with zero attached hydrogens (tertiary/aromatic N) is 5. The number of rotatable bonds is 6. The van der Waals surface area contributed by atoms with Crippen LogP contribution in [0.4, 0.5) is 5.82 Å². The van der Waals surface area contributed by atoms with Crippen LogP contribution in [0.25, 0.3) is 0 Å². The van der Waals surface area contributed by atoms with E-state index in [0.717, 1.165) is 25.5 Å². The molecule has 0 N–H and O–H groups in total. The van der Waals surface area contributed by atoms with Crippen LogP contribution in [0.2, 0.25) is 0 Å². The Morgan fingerprint density at radius 2 is 2.04 bits per heavy atom.